The van der Waals surface area contributed by atoms with Crippen molar-refractivity contribution in [2.45, 2.75) is 118 Å². The van der Waals surface area contributed by atoms with Crippen LogP contribution < -0.4 is 30.6 Å². The zero-order valence-electron chi connectivity index (χ0n) is 45.8. The number of aryl methyl sites for hydroxylation is 3. The van der Waals surface area contributed by atoms with Crippen molar-refractivity contribution >= 4 is 40.7 Å². The second-order valence-corrected chi connectivity index (χ2v) is 22.0. The Morgan fingerprint density at radius 3 is 2.24 bits per heavy atom. The van der Waals surface area contributed by atoms with Crippen molar-refractivity contribution in [1.82, 2.24) is 30.4 Å². The molecule has 2 unspecified atom stereocenters. The standard InChI is InChI=1S/C61H71N7O9S/c1-9-66(46-20-22-75-23-21-46)53-28-45(27-50(38(53)6)57(70)62-31-52-36(4)26-37(5)64-58(52)71)42-14-17-48(18-15-42)76-24-25-77-49-19-16-44-32-68(60(73)51(44)30-49)55(35(2)3)61(74)67-33-47(69)29-54(67)59(72)65-39(7)41-10-12-43(13-11-41)56-40(8)63-34-78-56/h10-19,26-28,30,34-35,39,46-47,54-55,69H,9,20-25,29,31-33H2,1-8H3,(H,62,70)(H,64,71)(H,65,72)/t39?,47-,54+,55?/m1/s1. The summed E-state index contributed by atoms with van der Waals surface area (Å²) in [5.74, 6) is -0.497. The Morgan fingerprint density at radius 2 is 1.58 bits per heavy atom. The highest BCUT2D eigenvalue weighted by Gasteiger charge is 2.46. The van der Waals surface area contributed by atoms with Gasteiger partial charge in [-0.05, 0) is 142 Å². The average molecular weight is 1080 g/mol. The van der Waals surface area contributed by atoms with Crippen LogP contribution in [0.15, 0.2) is 95.2 Å². The quantitative estimate of drug-likeness (QED) is 0.0567. The molecule has 4 amide bonds. The van der Waals surface area contributed by atoms with Crippen LogP contribution in [0, 0.1) is 33.6 Å². The van der Waals surface area contributed by atoms with E-state index in [4.69, 9.17) is 14.2 Å². The van der Waals surface area contributed by atoms with E-state index in [0.717, 1.165) is 80.3 Å². The first-order chi connectivity index (χ1) is 37.5. The lowest BCUT2D eigenvalue weighted by atomic mass is 9.95. The molecule has 16 nitrogen and oxygen atoms in total. The molecule has 2 saturated heterocycles. The van der Waals surface area contributed by atoms with Gasteiger partial charge < -0.3 is 49.6 Å². The predicted octanol–water partition coefficient (Wildman–Crippen LogP) is 8.61. The summed E-state index contributed by atoms with van der Waals surface area (Å²) in [5, 5.41) is 16.9. The van der Waals surface area contributed by atoms with Crippen molar-refractivity contribution in [2.24, 2.45) is 5.92 Å². The monoisotopic (exact) mass is 1080 g/mol. The zero-order valence-corrected chi connectivity index (χ0v) is 46.6. The number of nitrogens with zero attached hydrogens (tertiary/aromatic N) is 4. The van der Waals surface area contributed by atoms with Crippen LogP contribution >= 0.6 is 11.3 Å². The Balaban J connectivity index is 0.820. The van der Waals surface area contributed by atoms with Crippen LogP contribution in [0.3, 0.4) is 0 Å². The first-order valence-electron chi connectivity index (χ1n) is 27.0. The number of anilines is 1. The van der Waals surface area contributed by atoms with Gasteiger partial charge in [0.05, 0.1) is 28.2 Å². The number of pyridine rings is 1. The van der Waals surface area contributed by atoms with E-state index in [1.165, 1.54) is 4.90 Å². The number of aromatic nitrogens is 2. The Kier molecular flexibility index (Phi) is 17.1. The largest absolute Gasteiger partial charge is 0.490 e. The summed E-state index contributed by atoms with van der Waals surface area (Å²) >= 11 is 1.58. The summed E-state index contributed by atoms with van der Waals surface area (Å²) in [7, 11) is 0. The Hall–Kier alpha value is -7.34. The molecule has 4 N–H and O–H groups in total. The molecule has 3 aliphatic rings. The van der Waals surface area contributed by atoms with Crippen molar-refractivity contribution < 1.29 is 38.5 Å². The number of carbonyl (C=O) groups is 4. The molecule has 5 heterocycles. The zero-order chi connectivity index (χ0) is 55.4. The summed E-state index contributed by atoms with van der Waals surface area (Å²) in [5.41, 5.74) is 12.0. The molecule has 2 fully saturated rings. The highest BCUT2D eigenvalue weighted by atomic mass is 32.1. The molecule has 3 aliphatic heterocycles. The number of ether oxygens (including phenoxy) is 3. The van der Waals surface area contributed by atoms with E-state index in [1.807, 2.05) is 121 Å². The number of benzene rings is 4. The summed E-state index contributed by atoms with van der Waals surface area (Å²) < 4.78 is 17.9. The fourth-order valence-corrected chi connectivity index (χ4v) is 12.0. The molecular weight excluding hydrogens is 1010 g/mol. The number of fused-ring (bicyclic) bond motifs is 1. The number of likely N-dealkylation sites (tertiary alicyclic amines) is 1. The van der Waals surface area contributed by atoms with Crippen molar-refractivity contribution in [1.29, 1.82) is 0 Å². The molecule has 4 atom stereocenters. The van der Waals surface area contributed by atoms with E-state index in [2.05, 4.69) is 38.5 Å². The fourth-order valence-electron chi connectivity index (χ4n) is 11.2. The lowest BCUT2D eigenvalue weighted by Crippen LogP contribution is -2.55. The highest BCUT2D eigenvalue weighted by molar-refractivity contribution is 7.13. The SMILES string of the molecule is CCN(c1cc(-c2ccc(OCCOc3ccc4c(c3)C(=O)N(C(C(=O)N3C[C@H](O)C[C@H]3C(=O)NC(C)c3ccc(-c5scnc5C)cc3)C(C)C)C4)cc2)cc(C(=O)NCc2c(C)cc(C)[nH]c2=O)c1C)C1CCOCC1. The van der Waals surface area contributed by atoms with Crippen molar-refractivity contribution in [3.63, 3.8) is 0 Å². The van der Waals surface area contributed by atoms with E-state index < -0.39 is 18.2 Å². The van der Waals surface area contributed by atoms with E-state index in [9.17, 15) is 29.1 Å². The summed E-state index contributed by atoms with van der Waals surface area (Å²) in [6, 6.07) is 25.1. The number of rotatable bonds is 19. The number of aliphatic hydroxyl groups is 1. The van der Waals surface area contributed by atoms with Gasteiger partial charge in [-0.3, -0.25) is 24.0 Å². The fraction of sp³-hybridized carbons (Fsp3) is 0.410. The number of hydrogen-bond acceptors (Lipinski definition) is 12. The summed E-state index contributed by atoms with van der Waals surface area (Å²) in [4.78, 5) is 83.1. The molecule has 0 spiro atoms. The lowest BCUT2D eigenvalue weighted by Gasteiger charge is -2.37. The topological polar surface area (TPSA) is 196 Å². The third-order valence-electron chi connectivity index (χ3n) is 15.4. The molecule has 6 aromatic rings. The average Bonchev–Trinajstić information content (AvgIpc) is 4.24. The minimum absolute atomic E-state index is 0.0126. The maximum Gasteiger partial charge on any atom is 0.255 e. The van der Waals surface area contributed by atoms with Gasteiger partial charge in [0.15, 0.2) is 0 Å². The van der Waals surface area contributed by atoms with E-state index in [-0.39, 0.29) is 86.5 Å². The number of nitrogens with one attached hydrogen (secondary N) is 3. The van der Waals surface area contributed by atoms with Crippen molar-refractivity contribution in [3.8, 4) is 33.1 Å². The maximum atomic E-state index is 14.5. The number of carbonyl (C=O) groups excluding carboxylic acids is 4. The van der Waals surface area contributed by atoms with Crippen molar-refractivity contribution in [2.75, 3.05) is 44.4 Å². The molecule has 0 saturated carbocycles. The first kappa shape index (κ1) is 55.4. The molecule has 2 aromatic heterocycles. The Labute approximate surface area is 460 Å². The summed E-state index contributed by atoms with van der Waals surface area (Å²) in [6.45, 7) is 18.3. The normalized spacial score (nSPS) is 17.2. The lowest BCUT2D eigenvalue weighted by molar-refractivity contribution is -0.143. The minimum atomic E-state index is -0.903. The number of aromatic amines is 1. The molecule has 0 bridgehead atoms. The van der Waals surface area contributed by atoms with Crippen LogP contribution in [-0.4, -0.2) is 112 Å². The third-order valence-corrected chi connectivity index (χ3v) is 16.4. The van der Waals surface area contributed by atoms with E-state index in [0.29, 0.717) is 41.4 Å². The van der Waals surface area contributed by atoms with Crippen molar-refractivity contribution in [3.05, 3.63) is 151 Å². The van der Waals surface area contributed by atoms with Crippen LogP contribution in [0.2, 0.25) is 0 Å². The second-order valence-electron chi connectivity index (χ2n) is 21.1. The Bertz CT molecular complexity index is 3220. The molecule has 410 valence electrons. The number of hydrogen-bond donors (Lipinski definition) is 4. The highest BCUT2D eigenvalue weighted by Crippen LogP contribution is 2.36. The maximum absolute atomic E-state index is 14.5. The predicted molar refractivity (Wildman–Crippen MR) is 302 cm³/mol. The van der Waals surface area contributed by atoms with Crippen LogP contribution in [0.1, 0.15) is 113 Å². The molecule has 0 radical (unpaired) electrons. The van der Waals surface area contributed by atoms with E-state index >= 15 is 0 Å². The third kappa shape index (κ3) is 12.0. The van der Waals surface area contributed by atoms with Gasteiger partial charge in [0.25, 0.3) is 17.4 Å². The number of aliphatic hydroxyl groups excluding tert-OH is 1. The van der Waals surface area contributed by atoms with Gasteiger partial charge in [-0.1, -0.05) is 56.3 Å². The number of thiazole rings is 1. The van der Waals surface area contributed by atoms with Gasteiger partial charge in [0.2, 0.25) is 11.8 Å². The number of amides is 4. The summed E-state index contributed by atoms with van der Waals surface area (Å²) in [6.07, 6.45) is 0.979. The van der Waals surface area contributed by atoms with Gasteiger partial charge in [0, 0.05) is 79.9 Å². The number of β-amino-alcohol motifs (C(OH)–C–C–N with tert-alkyl or cyclic N) is 1. The van der Waals surface area contributed by atoms with Crippen LogP contribution in [0.5, 0.6) is 11.5 Å². The van der Waals surface area contributed by atoms with Gasteiger partial charge in [-0.15, -0.1) is 11.3 Å². The molecule has 17 heteroatoms. The molecule has 0 aliphatic carbocycles. The minimum Gasteiger partial charge on any atom is -0.490 e. The first-order valence-corrected chi connectivity index (χ1v) is 27.9. The second kappa shape index (κ2) is 24.1. The smallest absolute Gasteiger partial charge is 0.255 e. The van der Waals surface area contributed by atoms with Crippen LogP contribution in [0.4, 0.5) is 5.69 Å². The molecule has 4 aromatic carbocycles. The molecular formula is C61H71N7O9S. The van der Waals surface area contributed by atoms with Crippen LogP contribution in [-0.2, 0) is 27.4 Å². The van der Waals surface area contributed by atoms with Gasteiger partial charge in [-0.25, -0.2) is 4.98 Å². The van der Waals surface area contributed by atoms with Gasteiger partial charge >= 0.3 is 0 Å². The molecule has 78 heavy (non-hydrogen) atoms. The van der Waals surface area contributed by atoms with E-state index in [1.54, 1.807) is 28.4 Å². The van der Waals surface area contributed by atoms with Crippen LogP contribution in [0.25, 0.3) is 21.6 Å². The van der Waals surface area contributed by atoms with Gasteiger partial charge in [0.1, 0.15) is 36.8 Å². The number of H-pyrrole nitrogens is 1. The van der Waals surface area contributed by atoms with Gasteiger partial charge in [-0.2, -0.15) is 0 Å². The molecule has 9 rings (SSSR count). The Morgan fingerprint density at radius 1 is 0.885 bits per heavy atom.